The van der Waals surface area contributed by atoms with Crippen molar-refractivity contribution in [3.63, 3.8) is 0 Å². The van der Waals surface area contributed by atoms with Gasteiger partial charge in [-0.15, -0.1) is 0 Å². The van der Waals surface area contributed by atoms with Gasteiger partial charge in [0.15, 0.2) is 0 Å². The fourth-order valence-corrected chi connectivity index (χ4v) is 2.85. The Hall–Kier alpha value is -2.49. The molecule has 4 heteroatoms. The maximum absolute atomic E-state index is 12.4. The molecule has 0 fully saturated rings. The second-order valence-corrected chi connectivity index (χ2v) is 6.05. The number of carbonyl (C=O) groups is 1. The van der Waals surface area contributed by atoms with Crippen LogP contribution in [0, 0.1) is 0 Å². The van der Waals surface area contributed by atoms with E-state index in [9.17, 15) is 4.79 Å². The lowest BCUT2D eigenvalue weighted by Gasteiger charge is -2.30. The van der Waals surface area contributed by atoms with Crippen molar-refractivity contribution < 1.29 is 9.53 Å². The van der Waals surface area contributed by atoms with Crippen LogP contribution in [-0.2, 0) is 12.0 Å². The zero-order valence-corrected chi connectivity index (χ0v) is 13.6. The number of fused-ring (bicyclic) bond motifs is 1. The van der Waals surface area contributed by atoms with Crippen molar-refractivity contribution in [2.24, 2.45) is 0 Å². The van der Waals surface area contributed by atoms with Crippen LogP contribution in [0.2, 0.25) is 0 Å². The Morgan fingerprint density at radius 1 is 1.22 bits per heavy atom. The maximum atomic E-state index is 12.4. The van der Waals surface area contributed by atoms with Gasteiger partial charge >= 0.3 is 6.03 Å². The van der Waals surface area contributed by atoms with E-state index in [1.165, 1.54) is 0 Å². The summed E-state index contributed by atoms with van der Waals surface area (Å²) < 4.78 is 5.49. The van der Waals surface area contributed by atoms with E-state index in [1.54, 1.807) is 0 Å². The Morgan fingerprint density at radius 2 is 2.00 bits per heavy atom. The SMILES string of the molecule is CCC(C)(NC(=O)Nc1ccc2c(c1)CCO2)c1ccccc1. The number of hydrogen-bond acceptors (Lipinski definition) is 2. The van der Waals surface area contributed by atoms with Crippen molar-refractivity contribution in [2.75, 3.05) is 11.9 Å². The number of benzene rings is 2. The van der Waals surface area contributed by atoms with Crippen LogP contribution in [0.4, 0.5) is 10.5 Å². The minimum atomic E-state index is -0.398. The standard InChI is InChI=1S/C19H22N2O2/c1-3-19(2,15-7-5-4-6-8-15)21-18(22)20-16-9-10-17-14(13-16)11-12-23-17/h4-10,13H,3,11-12H2,1-2H3,(H2,20,21,22). The van der Waals surface area contributed by atoms with Crippen molar-refractivity contribution in [3.05, 3.63) is 59.7 Å². The number of anilines is 1. The number of ether oxygens (including phenoxy) is 1. The minimum absolute atomic E-state index is 0.197. The number of amides is 2. The number of urea groups is 1. The highest BCUT2D eigenvalue weighted by molar-refractivity contribution is 5.90. The molecule has 1 unspecified atom stereocenters. The van der Waals surface area contributed by atoms with E-state index in [1.807, 2.05) is 55.5 Å². The van der Waals surface area contributed by atoms with Crippen molar-refractivity contribution >= 4 is 11.7 Å². The molecule has 0 spiro atoms. The van der Waals surface area contributed by atoms with E-state index in [-0.39, 0.29) is 6.03 Å². The summed E-state index contributed by atoms with van der Waals surface area (Å²) >= 11 is 0. The second kappa shape index (κ2) is 6.32. The lowest BCUT2D eigenvalue weighted by Crippen LogP contribution is -2.45. The molecule has 0 aromatic heterocycles. The van der Waals surface area contributed by atoms with E-state index in [2.05, 4.69) is 17.6 Å². The predicted molar refractivity (Wildman–Crippen MR) is 91.9 cm³/mol. The van der Waals surface area contributed by atoms with Gasteiger partial charge < -0.3 is 15.4 Å². The van der Waals surface area contributed by atoms with Crippen molar-refractivity contribution in [1.29, 1.82) is 0 Å². The minimum Gasteiger partial charge on any atom is -0.493 e. The molecule has 2 aromatic rings. The second-order valence-electron chi connectivity index (χ2n) is 6.05. The monoisotopic (exact) mass is 310 g/mol. The molecule has 0 radical (unpaired) electrons. The smallest absolute Gasteiger partial charge is 0.319 e. The maximum Gasteiger partial charge on any atom is 0.319 e. The summed E-state index contributed by atoms with van der Waals surface area (Å²) in [5, 5.41) is 6.02. The highest BCUT2D eigenvalue weighted by Crippen LogP contribution is 2.28. The van der Waals surface area contributed by atoms with Crippen LogP contribution in [0.3, 0.4) is 0 Å². The summed E-state index contributed by atoms with van der Waals surface area (Å²) in [5.41, 5.74) is 2.63. The van der Waals surface area contributed by atoms with E-state index in [0.717, 1.165) is 35.4 Å². The highest BCUT2D eigenvalue weighted by atomic mass is 16.5. The largest absolute Gasteiger partial charge is 0.493 e. The van der Waals surface area contributed by atoms with Crippen LogP contribution >= 0.6 is 0 Å². The first kappa shape index (κ1) is 15.4. The molecule has 2 aromatic carbocycles. The zero-order chi connectivity index (χ0) is 16.3. The van der Waals surface area contributed by atoms with Gasteiger partial charge in [0.05, 0.1) is 12.1 Å². The molecule has 0 aliphatic carbocycles. The molecule has 0 bridgehead atoms. The summed E-state index contributed by atoms with van der Waals surface area (Å²) in [6.45, 7) is 4.82. The van der Waals surface area contributed by atoms with Crippen LogP contribution in [0.15, 0.2) is 48.5 Å². The first-order chi connectivity index (χ1) is 11.1. The molecule has 3 rings (SSSR count). The molecule has 23 heavy (non-hydrogen) atoms. The summed E-state index contributed by atoms with van der Waals surface area (Å²) in [6.07, 6.45) is 1.70. The van der Waals surface area contributed by atoms with E-state index in [0.29, 0.717) is 6.61 Å². The van der Waals surface area contributed by atoms with Gasteiger partial charge in [-0.25, -0.2) is 4.79 Å². The van der Waals surface area contributed by atoms with Crippen molar-refractivity contribution in [3.8, 4) is 5.75 Å². The lowest BCUT2D eigenvalue weighted by molar-refractivity contribution is 0.238. The highest BCUT2D eigenvalue weighted by Gasteiger charge is 2.26. The molecule has 0 saturated carbocycles. The first-order valence-electron chi connectivity index (χ1n) is 8.01. The van der Waals surface area contributed by atoms with Gasteiger partial charge in [-0.1, -0.05) is 37.3 Å². The van der Waals surface area contributed by atoms with Crippen molar-refractivity contribution in [1.82, 2.24) is 5.32 Å². The molecule has 0 saturated heterocycles. The molecule has 120 valence electrons. The van der Waals surface area contributed by atoms with Crippen LogP contribution < -0.4 is 15.4 Å². The Morgan fingerprint density at radius 3 is 2.74 bits per heavy atom. The molecular weight excluding hydrogens is 288 g/mol. The summed E-state index contributed by atoms with van der Waals surface area (Å²) in [5.74, 6) is 0.915. The van der Waals surface area contributed by atoms with E-state index in [4.69, 9.17) is 4.74 Å². The molecule has 4 nitrogen and oxygen atoms in total. The van der Waals surface area contributed by atoms with Gasteiger partial charge in [0.25, 0.3) is 0 Å². The third-order valence-corrected chi connectivity index (χ3v) is 4.45. The van der Waals surface area contributed by atoms with Gasteiger partial charge in [0.1, 0.15) is 5.75 Å². The van der Waals surface area contributed by atoms with Gasteiger partial charge in [-0.3, -0.25) is 0 Å². The van der Waals surface area contributed by atoms with Gasteiger partial charge in [0, 0.05) is 12.1 Å². The first-order valence-corrected chi connectivity index (χ1v) is 8.01. The number of rotatable bonds is 4. The third-order valence-electron chi connectivity index (χ3n) is 4.45. The average Bonchev–Trinajstić information content (AvgIpc) is 3.03. The zero-order valence-electron chi connectivity index (χ0n) is 13.6. The Bertz CT molecular complexity index is 700. The number of carbonyl (C=O) groups excluding carboxylic acids is 1. The van der Waals surface area contributed by atoms with Crippen LogP contribution in [-0.4, -0.2) is 12.6 Å². The lowest BCUT2D eigenvalue weighted by atomic mass is 9.89. The number of nitrogens with one attached hydrogen (secondary N) is 2. The normalized spacial score (nSPS) is 15.2. The molecule has 2 N–H and O–H groups in total. The predicted octanol–water partition coefficient (Wildman–Crippen LogP) is 4.07. The third kappa shape index (κ3) is 3.31. The molecule has 1 aliphatic heterocycles. The molecule has 1 aliphatic rings. The van der Waals surface area contributed by atoms with Crippen LogP contribution in [0.1, 0.15) is 31.4 Å². The Balaban J connectivity index is 1.71. The Kier molecular flexibility index (Phi) is 4.24. The summed E-state index contributed by atoms with van der Waals surface area (Å²) in [7, 11) is 0. The number of hydrogen-bond donors (Lipinski definition) is 2. The molecular formula is C19H22N2O2. The molecule has 1 atom stereocenters. The van der Waals surface area contributed by atoms with Crippen molar-refractivity contribution in [2.45, 2.75) is 32.2 Å². The van der Waals surface area contributed by atoms with Gasteiger partial charge in [-0.05, 0) is 42.7 Å². The van der Waals surface area contributed by atoms with E-state index >= 15 is 0 Å². The fourth-order valence-electron chi connectivity index (χ4n) is 2.85. The fraction of sp³-hybridized carbons (Fsp3) is 0.316. The molecule has 1 heterocycles. The van der Waals surface area contributed by atoms with Gasteiger partial charge in [-0.2, -0.15) is 0 Å². The molecule has 2 amide bonds. The van der Waals surface area contributed by atoms with Gasteiger partial charge in [0.2, 0.25) is 0 Å². The summed E-state index contributed by atoms with van der Waals surface area (Å²) in [4.78, 5) is 12.4. The van der Waals surface area contributed by atoms with Crippen LogP contribution in [0.25, 0.3) is 0 Å². The topological polar surface area (TPSA) is 50.4 Å². The van der Waals surface area contributed by atoms with E-state index < -0.39 is 5.54 Å². The average molecular weight is 310 g/mol. The summed E-state index contributed by atoms with van der Waals surface area (Å²) in [6, 6.07) is 15.6. The van der Waals surface area contributed by atoms with Crippen LogP contribution in [0.5, 0.6) is 5.75 Å². The quantitative estimate of drug-likeness (QED) is 0.894. The Labute approximate surface area is 136 Å².